The summed E-state index contributed by atoms with van der Waals surface area (Å²) in [5.41, 5.74) is -0.159. The van der Waals surface area contributed by atoms with Gasteiger partial charge in [0.05, 0.1) is 6.54 Å². The molecule has 0 spiro atoms. The Kier molecular flexibility index (Phi) is 6.98. The first-order valence-electron chi connectivity index (χ1n) is 9.81. The Morgan fingerprint density at radius 2 is 2.00 bits per heavy atom. The second-order valence-electron chi connectivity index (χ2n) is 7.38. The van der Waals surface area contributed by atoms with Crippen LogP contribution in [0.5, 0.6) is 5.75 Å². The Bertz CT molecular complexity index is 1020. The Morgan fingerprint density at radius 1 is 1.24 bits per heavy atom. The number of pyridine rings is 2. The van der Waals surface area contributed by atoms with Crippen molar-refractivity contribution < 1.29 is 36.3 Å². The van der Waals surface area contributed by atoms with E-state index in [1.165, 1.54) is 25.1 Å². The van der Waals surface area contributed by atoms with Gasteiger partial charge in [-0.1, -0.05) is 6.07 Å². The lowest BCUT2D eigenvalue weighted by molar-refractivity contribution is -0.274. The normalized spacial score (nSPS) is 17.9. The van der Waals surface area contributed by atoms with Crippen molar-refractivity contribution in [3.05, 3.63) is 42.2 Å². The molecule has 2 aromatic heterocycles. The summed E-state index contributed by atoms with van der Waals surface area (Å²) in [5, 5.41) is 5.18. The molecule has 33 heavy (non-hydrogen) atoms. The van der Waals surface area contributed by atoms with Crippen molar-refractivity contribution in [1.29, 1.82) is 0 Å². The van der Waals surface area contributed by atoms with Crippen LogP contribution in [-0.2, 0) is 4.79 Å². The minimum atomic E-state index is -4.88. The maximum absolute atomic E-state index is 14.0. The Hall–Kier alpha value is -3.51. The topological polar surface area (TPSA) is 96.5 Å². The van der Waals surface area contributed by atoms with Gasteiger partial charge in [-0.3, -0.25) is 9.59 Å². The highest BCUT2D eigenvalue weighted by Crippen LogP contribution is 2.31. The number of nitrogens with zero attached hydrogens (tertiary/aromatic N) is 3. The fourth-order valence-corrected chi connectivity index (χ4v) is 3.28. The van der Waals surface area contributed by atoms with Gasteiger partial charge in [-0.25, -0.2) is 18.7 Å². The number of halogens is 5. The van der Waals surface area contributed by atoms with Gasteiger partial charge in [-0.05, 0) is 24.6 Å². The molecule has 0 unspecified atom stereocenters. The number of nitrogens with one attached hydrogen (secondary N) is 2. The summed E-state index contributed by atoms with van der Waals surface area (Å²) in [6, 6.07) is 5.54. The third kappa shape index (κ3) is 6.99. The average molecular weight is 473 g/mol. The summed E-state index contributed by atoms with van der Waals surface area (Å²) < 4.78 is 69.1. The number of likely N-dealkylation sites (tertiary alicyclic amines) is 1. The molecule has 1 fully saturated rings. The first-order valence-corrected chi connectivity index (χ1v) is 9.81. The minimum absolute atomic E-state index is 0.00707. The van der Waals surface area contributed by atoms with E-state index in [1.807, 2.05) is 0 Å². The van der Waals surface area contributed by atoms with E-state index in [9.17, 15) is 31.5 Å². The molecule has 1 aliphatic heterocycles. The van der Waals surface area contributed by atoms with Crippen LogP contribution in [0.25, 0.3) is 0 Å². The molecule has 0 aliphatic carbocycles. The van der Waals surface area contributed by atoms with E-state index in [1.54, 1.807) is 0 Å². The first kappa shape index (κ1) is 24.1. The summed E-state index contributed by atoms with van der Waals surface area (Å²) in [7, 11) is 0. The summed E-state index contributed by atoms with van der Waals surface area (Å²) >= 11 is 0. The van der Waals surface area contributed by atoms with Crippen molar-refractivity contribution in [2.75, 3.05) is 18.4 Å². The highest BCUT2D eigenvalue weighted by molar-refractivity contribution is 5.93. The minimum Gasteiger partial charge on any atom is -0.406 e. The van der Waals surface area contributed by atoms with Crippen LogP contribution in [0, 0.1) is 0 Å². The highest BCUT2D eigenvalue weighted by Gasteiger charge is 2.42. The van der Waals surface area contributed by atoms with Gasteiger partial charge in [0.25, 0.3) is 11.8 Å². The van der Waals surface area contributed by atoms with E-state index < -0.39 is 42.9 Å². The van der Waals surface area contributed by atoms with Gasteiger partial charge in [-0.2, -0.15) is 0 Å². The second kappa shape index (κ2) is 9.55. The van der Waals surface area contributed by atoms with Gasteiger partial charge in [0.1, 0.15) is 23.1 Å². The Labute approximate surface area is 185 Å². The van der Waals surface area contributed by atoms with E-state index in [0.717, 1.165) is 23.2 Å². The van der Waals surface area contributed by atoms with Crippen molar-refractivity contribution >= 4 is 23.5 Å². The third-order valence-electron chi connectivity index (χ3n) is 4.72. The molecular formula is C20H20F5N5O3. The summed E-state index contributed by atoms with van der Waals surface area (Å²) in [6.45, 7) is 0.474. The van der Waals surface area contributed by atoms with Crippen LogP contribution in [0.4, 0.5) is 33.6 Å². The number of hydrogen-bond acceptors (Lipinski definition) is 6. The Morgan fingerprint density at radius 3 is 2.70 bits per heavy atom. The number of hydrogen-bond donors (Lipinski definition) is 2. The molecule has 1 atom stereocenters. The summed E-state index contributed by atoms with van der Waals surface area (Å²) in [4.78, 5) is 33.1. The molecule has 3 heterocycles. The van der Waals surface area contributed by atoms with Gasteiger partial charge in [0.2, 0.25) is 5.91 Å². The molecule has 13 heteroatoms. The van der Waals surface area contributed by atoms with Crippen LogP contribution in [0.2, 0.25) is 0 Å². The molecule has 0 bridgehead atoms. The van der Waals surface area contributed by atoms with Gasteiger partial charge < -0.3 is 20.3 Å². The van der Waals surface area contributed by atoms with Gasteiger partial charge in [0, 0.05) is 38.2 Å². The van der Waals surface area contributed by atoms with Gasteiger partial charge >= 0.3 is 6.36 Å². The van der Waals surface area contributed by atoms with Crippen LogP contribution in [0.15, 0.2) is 36.5 Å². The zero-order valence-electron chi connectivity index (χ0n) is 17.3. The number of rotatable bonds is 6. The molecule has 178 valence electrons. The third-order valence-corrected chi connectivity index (χ3v) is 4.72. The first-order chi connectivity index (χ1) is 15.4. The van der Waals surface area contributed by atoms with E-state index in [2.05, 4.69) is 25.3 Å². The summed E-state index contributed by atoms with van der Waals surface area (Å²) in [5.74, 6) is -4.70. The number of amides is 2. The fourth-order valence-electron chi connectivity index (χ4n) is 3.28. The molecule has 1 aliphatic rings. The largest absolute Gasteiger partial charge is 0.573 e. The van der Waals surface area contributed by atoms with Crippen LogP contribution in [0.3, 0.4) is 0 Å². The predicted octanol–water partition coefficient (Wildman–Crippen LogP) is 3.49. The van der Waals surface area contributed by atoms with Crippen LogP contribution >= 0.6 is 0 Å². The number of piperidine rings is 1. The molecule has 0 radical (unpaired) electrons. The number of alkyl halides is 5. The maximum atomic E-state index is 14.0. The molecule has 8 nitrogen and oxygen atoms in total. The summed E-state index contributed by atoms with van der Waals surface area (Å²) in [6.07, 6.45) is -4.22. The van der Waals surface area contributed by atoms with Crippen molar-refractivity contribution in [3.8, 4) is 5.75 Å². The van der Waals surface area contributed by atoms with E-state index in [4.69, 9.17) is 0 Å². The van der Waals surface area contributed by atoms with Crippen molar-refractivity contribution in [2.45, 2.75) is 38.1 Å². The number of carbonyl (C=O) groups is 2. The molecule has 2 aromatic rings. The second-order valence-corrected chi connectivity index (χ2v) is 7.38. The number of aromatic nitrogens is 2. The molecule has 1 saturated heterocycles. The van der Waals surface area contributed by atoms with Crippen molar-refractivity contribution in [3.63, 3.8) is 0 Å². The lowest BCUT2D eigenvalue weighted by Gasteiger charge is -2.39. The standard InChI is InChI=1S/C20H20F5N5O3/c1-12(31)27-10-13-5-7-19(21,22)11-30(13)18(32)15-3-2-4-16(28-15)29-17-9-14(6-8-26-17)33-20(23,24)25/h2-4,6,8-9,13H,5,7,10-11H2,1H3,(H,27,31)(H,26,28,29)/t13-/m1/s1. The molecule has 3 rings (SSSR count). The zero-order chi connectivity index (χ0) is 24.2. The maximum Gasteiger partial charge on any atom is 0.573 e. The molecule has 2 N–H and O–H groups in total. The van der Waals surface area contributed by atoms with E-state index in [0.29, 0.717) is 0 Å². The SMILES string of the molecule is CC(=O)NC[C@H]1CCC(F)(F)CN1C(=O)c1cccc(Nc2cc(OC(F)(F)F)ccn2)n1. The van der Waals surface area contributed by atoms with Crippen molar-refractivity contribution in [2.24, 2.45) is 0 Å². The van der Waals surface area contributed by atoms with E-state index >= 15 is 0 Å². The van der Waals surface area contributed by atoms with Crippen LogP contribution in [0.1, 0.15) is 30.3 Å². The lowest BCUT2D eigenvalue weighted by Crippen LogP contribution is -2.55. The Balaban J connectivity index is 1.78. The van der Waals surface area contributed by atoms with Gasteiger partial charge in [0.15, 0.2) is 0 Å². The fraction of sp³-hybridized carbons (Fsp3) is 0.400. The smallest absolute Gasteiger partial charge is 0.406 e. The predicted molar refractivity (Wildman–Crippen MR) is 106 cm³/mol. The van der Waals surface area contributed by atoms with E-state index in [-0.39, 0.29) is 36.2 Å². The van der Waals surface area contributed by atoms with Gasteiger partial charge in [-0.15, -0.1) is 13.2 Å². The molecule has 0 saturated carbocycles. The number of anilines is 2. The van der Waals surface area contributed by atoms with Crippen molar-refractivity contribution in [1.82, 2.24) is 20.2 Å². The number of carbonyl (C=O) groups excluding carboxylic acids is 2. The average Bonchev–Trinajstić information content (AvgIpc) is 2.71. The monoisotopic (exact) mass is 473 g/mol. The zero-order valence-corrected chi connectivity index (χ0v) is 17.3. The van der Waals surface area contributed by atoms with Crippen LogP contribution in [-0.4, -0.2) is 58.1 Å². The molecule has 2 amide bonds. The van der Waals surface area contributed by atoms with Crippen LogP contribution < -0.4 is 15.4 Å². The lowest BCUT2D eigenvalue weighted by atomic mass is 9.98. The number of ether oxygens (including phenoxy) is 1. The highest BCUT2D eigenvalue weighted by atomic mass is 19.4. The molecule has 0 aromatic carbocycles. The quantitative estimate of drug-likeness (QED) is 0.624. The molecular weight excluding hydrogens is 453 g/mol.